The first-order valence-corrected chi connectivity index (χ1v) is 9.04. The molecule has 1 aliphatic rings. The first kappa shape index (κ1) is 23.2. The van der Waals surface area contributed by atoms with Crippen LogP contribution in [0.1, 0.15) is 17.3 Å². The minimum Gasteiger partial charge on any atom is -0.368 e. The number of alkyl halides is 3. The summed E-state index contributed by atoms with van der Waals surface area (Å²) in [5.41, 5.74) is -0.0367. The molecule has 1 aromatic heterocycles. The summed E-state index contributed by atoms with van der Waals surface area (Å²) in [7, 11) is 1.71. The molecule has 1 aliphatic heterocycles. The Morgan fingerprint density at radius 1 is 1.24 bits per heavy atom. The van der Waals surface area contributed by atoms with Crippen molar-refractivity contribution in [3.63, 3.8) is 0 Å². The average molecular weight is 524 g/mol. The van der Waals surface area contributed by atoms with Crippen LogP contribution in [0.15, 0.2) is 33.8 Å². The lowest BCUT2D eigenvalue weighted by molar-refractivity contribution is -0.137. The summed E-state index contributed by atoms with van der Waals surface area (Å²) in [5.74, 6) is 1.92. The van der Waals surface area contributed by atoms with E-state index >= 15 is 0 Å². The minimum absolute atomic E-state index is 0. The fourth-order valence-corrected chi connectivity index (χ4v) is 3.11. The van der Waals surface area contributed by atoms with Crippen molar-refractivity contribution in [2.75, 3.05) is 44.7 Å². The summed E-state index contributed by atoms with van der Waals surface area (Å²) >= 11 is 0. The molecule has 0 radical (unpaired) electrons. The summed E-state index contributed by atoms with van der Waals surface area (Å²) in [6, 6.07) is 5.46. The summed E-state index contributed by atoms with van der Waals surface area (Å²) in [6.45, 7) is 4.92. The predicted octanol–water partition coefficient (Wildman–Crippen LogP) is 2.95. The Morgan fingerprint density at radius 2 is 1.97 bits per heavy atom. The number of hydrogen-bond acceptors (Lipinski definition) is 5. The van der Waals surface area contributed by atoms with E-state index < -0.39 is 11.7 Å². The number of halogens is 4. The third-order valence-corrected chi connectivity index (χ3v) is 4.52. The molecular weight excluding hydrogens is 500 g/mol. The lowest BCUT2D eigenvalue weighted by atomic mass is 10.1. The van der Waals surface area contributed by atoms with E-state index in [1.54, 1.807) is 20.0 Å². The van der Waals surface area contributed by atoms with Gasteiger partial charge in [-0.1, -0.05) is 11.2 Å². The molecule has 11 heteroatoms. The van der Waals surface area contributed by atoms with Gasteiger partial charge >= 0.3 is 6.18 Å². The fraction of sp³-hybridized carbons (Fsp3) is 0.500. The number of benzene rings is 1. The Balaban J connectivity index is 0.00000300. The molecule has 0 unspecified atom stereocenters. The molecule has 1 aromatic carbocycles. The molecule has 1 N–H and O–H groups in total. The van der Waals surface area contributed by atoms with Gasteiger partial charge in [0.1, 0.15) is 0 Å². The zero-order valence-electron chi connectivity index (χ0n) is 16.2. The van der Waals surface area contributed by atoms with Gasteiger partial charge in [0.05, 0.1) is 5.56 Å². The molecule has 1 saturated heterocycles. The summed E-state index contributed by atoms with van der Waals surface area (Å²) in [5, 5.41) is 7.01. The van der Waals surface area contributed by atoms with E-state index in [-0.39, 0.29) is 24.0 Å². The number of anilines is 1. The Labute approximate surface area is 184 Å². The van der Waals surface area contributed by atoms with Gasteiger partial charge < -0.3 is 19.6 Å². The third-order valence-electron chi connectivity index (χ3n) is 4.52. The van der Waals surface area contributed by atoms with Gasteiger partial charge in [0.2, 0.25) is 5.89 Å². The van der Waals surface area contributed by atoms with E-state index in [0.717, 1.165) is 12.0 Å². The first-order valence-electron chi connectivity index (χ1n) is 9.04. The van der Waals surface area contributed by atoms with E-state index in [2.05, 4.69) is 25.3 Å². The van der Waals surface area contributed by atoms with E-state index in [4.69, 9.17) is 4.52 Å². The van der Waals surface area contributed by atoms with Crippen LogP contribution in [0.5, 0.6) is 0 Å². The van der Waals surface area contributed by atoms with Gasteiger partial charge in [-0.2, -0.15) is 18.2 Å². The molecule has 0 atom stereocenters. The van der Waals surface area contributed by atoms with Gasteiger partial charge in [-0.25, -0.2) is 0 Å². The van der Waals surface area contributed by atoms with Crippen LogP contribution in [0.25, 0.3) is 0 Å². The van der Waals surface area contributed by atoms with Gasteiger partial charge in [-0.05, 0) is 25.1 Å². The second kappa shape index (κ2) is 10.1. The Bertz CT molecular complexity index is 818. The number of guanidine groups is 1. The maximum absolute atomic E-state index is 12.9. The highest BCUT2D eigenvalue weighted by Gasteiger charge is 2.31. The van der Waals surface area contributed by atoms with Gasteiger partial charge in [0.25, 0.3) is 0 Å². The number of rotatable bonds is 4. The Hall–Kier alpha value is -2.05. The molecule has 0 spiro atoms. The Kier molecular flexibility index (Phi) is 8.11. The van der Waals surface area contributed by atoms with Crippen molar-refractivity contribution in [2.45, 2.75) is 19.5 Å². The van der Waals surface area contributed by atoms with Crippen LogP contribution in [0, 0.1) is 6.92 Å². The molecule has 0 bridgehead atoms. The molecule has 0 aliphatic carbocycles. The molecule has 160 valence electrons. The van der Waals surface area contributed by atoms with Crippen molar-refractivity contribution in [3.8, 4) is 0 Å². The van der Waals surface area contributed by atoms with Crippen LogP contribution in [0.2, 0.25) is 0 Å². The largest absolute Gasteiger partial charge is 0.416 e. The average Bonchev–Trinajstić information content (AvgIpc) is 3.10. The topological polar surface area (TPSA) is 69.8 Å². The van der Waals surface area contributed by atoms with Crippen molar-refractivity contribution in [2.24, 2.45) is 4.99 Å². The standard InChI is InChI=1S/C18H23F3N6O.HI/c1-13-24-16(28-25-13)6-7-23-17(22-2)27-10-8-26(9-11-27)15-5-3-4-14(12-15)18(19,20)21;/h3-5,12H,6-11H2,1-2H3,(H,22,23);1H. The SMILES string of the molecule is CN=C(NCCc1nc(C)no1)N1CCN(c2cccc(C(F)(F)F)c2)CC1.I. The zero-order chi connectivity index (χ0) is 20.1. The van der Waals surface area contributed by atoms with Crippen LogP contribution in [-0.4, -0.2) is 60.8 Å². The normalized spacial score (nSPS) is 15.3. The lowest BCUT2D eigenvalue weighted by Crippen LogP contribution is -2.52. The lowest BCUT2D eigenvalue weighted by Gasteiger charge is -2.37. The van der Waals surface area contributed by atoms with Crippen LogP contribution in [0.4, 0.5) is 18.9 Å². The van der Waals surface area contributed by atoms with Crippen LogP contribution in [-0.2, 0) is 12.6 Å². The molecule has 3 rings (SSSR count). The molecule has 0 saturated carbocycles. The molecule has 7 nitrogen and oxygen atoms in total. The number of hydrogen-bond donors (Lipinski definition) is 1. The predicted molar refractivity (Wildman–Crippen MR) is 115 cm³/mol. The summed E-state index contributed by atoms with van der Waals surface area (Å²) in [6.07, 6.45) is -3.75. The minimum atomic E-state index is -4.33. The third kappa shape index (κ3) is 6.21. The van der Waals surface area contributed by atoms with Crippen molar-refractivity contribution in [1.82, 2.24) is 20.4 Å². The van der Waals surface area contributed by atoms with Crippen LogP contribution < -0.4 is 10.2 Å². The number of piperazine rings is 1. The number of aryl methyl sites for hydroxylation is 1. The summed E-state index contributed by atoms with van der Waals surface area (Å²) < 4.78 is 43.9. The molecule has 1 fully saturated rings. The molecule has 2 heterocycles. The first-order chi connectivity index (χ1) is 13.4. The highest BCUT2D eigenvalue weighted by atomic mass is 127. The van der Waals surface area contributed by atoms with E-state index in [0.29, 0.717) is 56.5 Å². The van der Waals surface area contributed by atoms with Crippen LogP contribution in [0.3, 0.4) is 0 Å². The fourth-order valence-electron chi connectivity index (χ4n) is 3.11. The molecule has 29 heavy (non-hydrogen) atoms. The second-order valence-corrected chi connectivity index (χ2v) is 6.48. The maximum Gasteiger partial charge on any atom is 0.416 e. The van der Waals surface area contributed by atoms with Crippen molar-refractivity contribution >= 4 is 35.6 Å². The van der Waals surface area contributed by atoms with Gasteiger partial charge in [0, 0.05) is 51.9 Å². The second-order valence-electron chi connectivity index (χ2n) is 6.48. The number of aromatic nitrogens is 2. The monoisotopic (exact) mass is 524 g/mol. The smallest absolute Gasteiger partial charge is 0.368 e. The zero-order valence-corrected chi connectivity index (χ0v) is 18.6. The summed E-state index contributed by atoms with van der Waals surface area (Å²) in [4.78, 5) is 12.5. The molecule has 2 aromatic rings. The Morgan fingerprint density at radius 3 is 2.55 bits per heavy atom. The van der Waals surface area contributed by atoms with Gasteiger partial charge in [-0.3, -0.25) is 4.99 Å². The van der Waals surface area contributed by atoms with E-state index in [1.807, 2.05) is 4.90 Å². The quantitative estimate of drug-likeness (QED) is 0.377. The molecular formula is C18H24F3IN6O. The van der Waals surface area contributed by atoms with Crippen molar-refractivity contribution in [1.29, 1.82) is 0 Å². The van der Waals surface area contributed by atoms with E-state index in [9.17, 15) is 13.2 Å². The number of nitrogens with one attached hydrogen (secondary N) is 1. The van der Waals surface area contributed by atoms with Gasteiger partial charge in [0.15, 0.2) is 11.8 Å². The van der Waals surface area contributed by atoms with Crippen LogP contribution >= 0.6 is 24.0 Å². The molecule has 0 amide bonds. The number of aliphatic imine (C=N–C) groups is 1. The van der Waals surface area contributed by atoms with Gasteiger partial charge in [-0.15, -0.1) is 24.0 Å². The maximum atomic E-state index is 12.9. The highest BCUT2D eigenvalue weighted by molar-refractivity contribution is 14.0. The highest BCUT2D eigenvalue weighted by Crippen LogP contribution is 2.31. The number of nitrogens with zero attached hydrogens (tertiary/aromatic N) is 5. The van der Waals surface area contributed by atoms with Crippen molar-refractivity contribution < 1.29 is 17.7 Å². The van der Waals surface area contributed by atoms with E-state index in [1.165, 1.54) is 12.1 Å². The van der Waals surface area contributed by atoms with Crippen molar-refractivity contribution in [3.05, 3.63) is 41.5 Å².